The normalized spacial score (nSPS) is 12.3. The number of phenols is 1. The van der Waals surface area contributed by atoms with Gasteiger partial charge >= 0.3 is 6.16 Å². The number of hydrogen-bond acceptors (Lipinski definition) is 12. The number of H-pyrrole nitrogens is 1. The number of nitrogens with one attached hydrogen (secondary N) is 3. The average Bonchev–Trinajstić information content (AvgIpc) is 3.82. The molecule has 246 valence electrons. The molecule has 1 aliphatic rings. The monoisotopic (exact) mass is 692 g/mol. The van der Waals surface area contributed by atoms with Crippen LogP contribution in [0.3, 0.4) is 0 Å². The molecule has 4 heterocycles. The first-order chi connectivity index (χ1) is 23.9. The lowest BCUT2D eigenvalue weighted by molar-refractivity contribution is 0.102. The van der Waals surface area contributed by atoms with Gasteiger partial charge in [-0.2, -0.15) is 15.3 Å². The first-order valence-electron chi connectivity index (χ1n) is 15.3. The molecule has 7 rings (SSSR count). The summed E-state index contributed by atoms with van der Waals surface area (Å²) < 4.78 is 6.06. The highest BCUT2D eigenvalue weighted by molar-refractivity contribution is 7.22. The van der Waals surface area contributed by atoms with Crippen LogP contribution in [0, 0.1) is 11.3 Å². The van der Waals surface area contributed by atoms with Crippen molar-refractivity contribution >= 4 is 61.0 Å². The number of aromatic hydroxyl groups is 1. The van der Waals surface area contributed by atoms with E-state index in [1.807, 2.05) is 41.3 Å². The van der Waals surface area contributed by atoms with Crippen LogP contribution in [0.15, 0.2) is 66.7 Å². The molecule has 0 atom stereocenters. The van der Waals surface area contributed by atoms with Gasteiger partial charge in [-0.25, -0.2) is 9.78 Å². The number of aromatic nitrogens is 4. The number of aromatic amines is 1. The molecule has 3 aromatic carbocycles. The number of benzene rings is 3. The minimum absolute atomic E-state index is 0.0345. The van der Waals surface area contributed by atoms with Crippen molar-refractivity contribution in [2.75, 3.05) is 28.6 Å². The van der Waals surface area contributed by atoms with Gasteiger partial charge in [-0.05, 0) is 72.9 Å². The Labute approximate surface area is 287 Å². The molecule has 0 saturated carbocycles. The maximum absolute atomic E-state index is 13.5. The van der Waals surface area contributed by atoms with E-state index in [9.17, 15) is 25.1 Å². The molecule has 0 spiro atoms. The molecule has 13 nitrogen and oxygen atoms in total. The van der Waals surface area contributed by atoms with Crippen molar-refractivity contribution < 1.29 is 24.5 Å². The van der Waals surface area contributed by atoms with Crippen LogP contribution in [0.5, 0.6) is 11.6 Å². The fourth-order valence-electron chi connectivity index (χ4n) is 5.70. The number of phenolic OH excluding ortho intramolecular Hbond substituents is 1. The smallest absolute Gasteiger partial charge is 0.508 e. The van der Waals surface area contributed by atoms with Crippen molar-refractivity contribution in [2.45, 2.75) is 25.8 Å². The van der Waals surface area contributed by atoms with E-state index in [0.29, 0.717) is 82.2 Å². The number of fused-ring (bicyclic) bond motifs is 2. The number of rotatable bonds is 10. The number of carboxylic acid groups (broad SMARTS) is 1. The largest absolute Gasteiger partial charge is 0.512 e. The van der Waals surface area contributed by atoms with Crippen LogP contribution >= 0.6 is 22.7 Å². The van der Waals surface area contributed by atoms with Gasteiger partial charge in [0.15, 0.2) is 16.1 Å². The SMILES string of the molecule is N#Cc1c(NCCCc2sc(N3CCc4cccc(C(=O)Nc5nc6ccccc6s5)c4C3)nc2OC(=O)O)n[nH]c1-c1ccc(O)cc1. The maximum atomic E-state index is 13.5. The van der Waals surface area contributed by atoms with Crippen LogP contribution in [0.1, 0.15) is 38.3 Å². The molecule has 0 fully saturated rings. The molecule has 3 aromatic heterocycles. The Morgan fingerprint density at radius 2 is 1.90 bits per heavy atom. The number of hydrogen-bond donors (Lipinski definition) is 5. The number of para-hydroxylation sites is 1. The molecule has 6 aromatic rings. The van der Waals surface area contributed by atoms with Gasteiger partial charge in [-0.3, -0.25) is 15.2 Å². The minimum Gasteiger partial charge on any atom is -0.508 e. The summed E-state index contributed by atoms with van der Waals surface area (Å²) in [6.45, 7) is 1.49. The van der Waals surface area contributed by atoms with E-state index in [-0.39, 0.29) is 17.5 Å². The predicted molar refractivity (Wildman–Crippen MR) is 187 cm³/mol. The number of aryl methyl sites for hydroxylation is 1. The van der Waals surface area contributed by atoms with E-state index >= 15 is 0 Å². The van der Waals surface area contributed by atoms with Crippen LogP contribution < -0.4 is 20.3 Å². The maximum Gasteiger partial charge on any atom is 0.512 e. The minimum atomic E-state index is -1.45. The average molecular weight is 693 g/mol. The number of nitriles is 1. The predicted octanol–water partition coefficient (Wildman–Crippen LogP) is 6.64. The fraction of sp³-hybridized carbons (Fsp3) is 0.176. The third-order valence-electron chi connectivity index (χ3n) is 8.04. The van der Waals surface area contributed by atoms with Crippen molar-refractivity contribution in [1.29, 1.82) is 5.26 Å². The van der Waals surface area contributed by atoms with Crippen LogP contribution in [0.2, 0.25) is 0 Å². The molecular weight excluding hydrogens is 665 g/mol. The molecule has 0 unspecified atom stereocenters. The summed E-state index contributed by atoms with van der Waals surface area (Å²) in [6, 6.07) is 22.1. The molecule has 0 radical (unpaired) electrons. The lowest BCUT2D eigenvalue weighted by Crippen LogP contribution is -2.32. The summed E-state index contributed by atoms with van der Waals surface area (Å²) in [5.41, 5.74) is 4.93. The number of nitrogens with zero attached hydrogens (tertiary/aromatic N) is 5. The Morgan fingerprint density at radius 1 is 1.06 bits per heavy atom. The van der Waals surface area contributed by atoms with Gasteiger partial charge in [-0.1, -0.05) is 46.9 Å². The fourth-order valence-corrected chi connectivity index (χ4v) is 7.62. The van der Waals surface area contributed by atoms with E-state index in [1.54, 1.807) is 18.2 Å². The highest BCUT2D eigenvalue weighted by Gasteiger charge is 2.26. The number of carbonyl (C=O) groups is 2. The van der Waals surface area contributed by atoms with Gasteiger partial charge in [0, 0.05) is 30.8 Å². The van der Waals surface area contributed by atoms with Crippen LogP contribution in [-0.2, 0) is 19.4 Å². The van der Waals surface area contributed by atoms with Crippen LogP contribution in [-0.4, -0.2) is 55.5 Å². The first-order valence-corrected chi connectivity index (χ1v) is 16.9. The summed E-state index contributed by atoms with van der Waals surface area (Å²) >= 11 is 2.77. The second-order valence-corrected chi connectivity index (χ2v) is 13.3. The van der Waals surface area contributed by atoms with Crippen molar-refractivity contribution in [3.8, 4) is 29.0 Å². The highest BCUT2D eigenvalue weighted by Crippen LogP contribution is 2.36. The second kappa shape index (κ2) is 13.6. The van der Waals surface area contributed by atoms with Crippen molar-refractivity contribution in [1.82, 2.24) is 20.2 Å². The van der Waals surface area contributed by atoms with E-state index in [1.165, 1.54) is 34.8 Å². The zero-order valence-electron chi connectivity index (χ0n) is 25.8. The summed E-state index contributed by atoms with van der Waals surface area (Å²) in [7, 11) is 0. The topological polar surface area (TPSA) is 189 Å². The summed E-state index contributed by atoms with van der Waals surface area (Å²) in [5, 5.41) is 43.2. The Hall–Kier alpha value is -5.98. The number of carbonyl (C=O) groups excluding carboxylic acids is 1. The standard InChI is InChI=1S/C34H28N8O5S2/c35-17-23-28(20-10-12-21(43)13-11-20)40-41-29(23)36-15-4-9-27-31(47-34(45)46)39-33(49-27)42-16-14-19-5-3-6-22(24(19)18-42)30(44)38-32-37-25-7-1-2-8-26(25)48-32/h1-3,5-8,10-13,43H,4,9,14-16,18H2,(H,45,46)(H2,36,40,41)(H,37,38,44). The quantitative estimate of drug-likeness (QED) is 0.0765. The Morgan fingerprint density at radius 3 is 2.69 bits per heavy atom. The van der Waals surface area contributed by atoms with Gasteiger partial charge < -0.3 is 25.2 Å². The first kappa shape index (κ1) is 31.6. The Balaban J connectivity index is 1.04. The molecule has 5 N–H and O–H groups in total. The lowest BCUT2D eigenvalue weighted by atomic mass is 9.94. The third kappa shape index (κ3) is 6.73. The molecule has 1 aliphatic heterocycles. The third-order valence-corrected chi connectivity index (χ3v) is 10.2. The molecular formula is C34H28N8O5S2. The summed E-state index contributed by atoms with van der Waals surface area (Å²) in [6.07, 6.45) is 0.265. The van der Waals surface area contributed by atoms with Crippen LogP contribution in [0.25, 0.3) is 21.5 Å². The lowest BCUT2D eigenvalue weighted by Gasteiger charge is -2.29. The highest BCUT2D eigenvalue weighted by atomic mass is 32.1. The van der Waals surface area contributed by atoms with E-state index < -0.39 is 6.16 Å². The van der Waals surface area contributed by atoms with Gasteiger partial charge in [0.25, 0.3) is 5.91 Å². The summed E-state index contributed by atoms with van der Waals surface area (Å²) in [4.78, 5) is 36.8. The van der Waals surface area contributed by atoms with Gasteiger partial charge in [0.1, 0.15) is 17.4 Å². The second-order valence-electron chi connectivity index (χ2n) is 11.2. The number of amides is 1. The zero-order chi connectivity index (χ0) is 33.9. The molecule has 15 heteroatoms. The number of thiazole rings is 2. The van der Waals surface area contributed by atoms with E-state index in [4.69, 9.17) is 4.74 Å². The molecule has 49 heavy (non-hydrogen) atoms. The summed E-state index contributed by atoms with van der Waals surface area (Å²) in [5.74, 6) is 0.308. The van der Waals surface area contributed by atoms with Crippen molar-refractivity contribution in [3.63, 3.8) is 0 Å². The van der Waals surface area contributed by atoms with Gasteiger partial charge in [0.05, 0.1) is 20.8 Å². The van der Waals surface area contributed by atoms with Gasteiger partial charge in [-0.15, -0.1) is 0 Å². The van der Waals surface area contributed by atoms with E-state index in [0.717, 1.165) is 21.3 Å². The molecule has 0 bridgehead atoms. The molecule has 1 amide bonds. The Bertz CT molecular complexity index is 2190. The van der Waals surface area contributed by atoms with Crippen molar-refractivity contribution in [3.05, 3.63) is 93.9 Å². The molecule has 0 saturated heterocycles. The number of anilines is 3. The molecule has 0 aliphatic carbocycles. The van der Waals surface area contributed by atoms with E-state index in [2.05, 4.69) is 36.9 Å². The Kier molecular flexibility index (Phi) is 8.79. The number of ether oxygens (including phenoxy) is 1. The van der Waals surface area contributed by atoms with Crippen LogP contribution in [0.4, 0.5) is 20.9 Å². The zero-order valence-corrected chi connectivity index (χ0v) is 27.4. The van der Waals surface area contributed by atoms with Crippen molar-refractivity contribution in [2.24, 2.45) is 0 Å². The van der Waals surface area contributed by atoms with Gasteiger partial charge in [0.2, 0.25) is 5.88 Å².